The van der Waals surface area contributed by atoms with Gasteiger partial charge < -0.3 is 24.8 Å². The van der Waals surface area contributed by atoms with E-state index in [-0.39, 0.29) is 17.7 Å². The zero-order chi connectivity index (χ0) is 27.5. The van der Waals surface area contributed by atoms with E-state index in [1.54, 1.807) is 55.7 Å². The molecule has 204 valence electrons. The number of benzene rings is 1. The molecule has 1 aromatic carbocycles. The first-order valence-corrected chi connectivity index (χ1v) is 13.8. The third-order valence-corrected chi connectivity index (χ3v) is 8.62. The van der Waals surface area contributed by atoms with Gasteiger partial charge in [-0.25, -0.2) is 19.5 Å². The molecule has 3 heterocycles. The lowest BCUT2D eigenvalue weighted by molar-refractivity contribution is -0.149. The molecular formula is C23H28ClN6O7P. The molecule has 13 nitrogen and oxygen atoms in total. The maximum absolute atomic E-state index is 13.9. The molecule has 4 N–H and O–H groups in total. The molecule has 1 saturated heterocycles. The summed E-state index contributed by atoms with van der Waals surface area (Å²) in [7, 11) is -4.27. The molecule has 3 aromatic rings. The van der Waals surface area contributed by atoms with Crippen molar-refractivity contribution in [2.75, 3.05) is 5.73 Å². The van der Waals surface area contributed by atoms with E-state index in [0.717, 1.165) is 0 Å². The Kier molecular flexibility index (Phi) is 6.65. The molecule has 2 aromatic heterocycles. The standard InChI is InChI=1S/C23H28ClN6O7P/c1-12(2)34-20(31)13(3)29-38(33,36-14-8-6-5-7-9-14)37-17-16-23(17,32)22(4,24)21(35-16)30-11-28-15-18(25)26-10-27-19(15)30/h5-13,16-17,21,32H,1-4H3,(H,29,33)(H2,25,26,27)/t13-,16-,17?,21-,22+,23+,38?/m1/s1. The van der Waals surface area contributed by atoms with Crippen molar-refractivity contribution in [1.29, 1.82) is 0 Å². The van der Waals surface area contributed by atoms with E-state index in [1.165, 1.54) is 19.6 Å². The summed E-state index contributed by atoms with van der Waals surface area (Å²) < 4.78 is 38.3. The number of esters is 1. The Morgan fingerprint density at radius 1 is 1.26 bits per heavy atom. The molecule has 0 amide bonds. The van der Waals surface area contributed by atoms with Crippen LogP contribution in [0.5, 0.6) is 5.75 Å². The molecule has 2 unspecified atom stereocenters. The van der Waals surface area contributed by atoms with Crippen LogP contribution in [0.2, 0.25) is 0 Å². The van der Waals surface area contributed by atoms with Crippen molar-refractivity contribution in [3.63, 3.8) is 0 Å². The summed E-state index contributed by atoms with van der Waals surface area (Å²) in [5.74, 6) is -0.245. The molecule has 0 bridgehead atoms. The summed E-state index contributed by atoms with van der Waals surface area (Å²) in [4.78, 5) is 23.3. The van der Waals surface area contributed by atoms with Crippen molar-refractivity contribution >= 4 is 42.3 Å². The number of carbonyl (C=O) groups is 1. The van der Waals surface area contributed by atoms with Crippen LogP contribution in [0, 0.1) is 0 Å². The number of hydrogen-bond donors (Lipinski definition) is 3. The molecule has 2 fully saturated rings. The van der Waals surface area contributed by atoms with Gasteiger partial charge >= 0.3 is 13.7 Å². The van der Waals surface area contributed by atoms with E-state index in [9.17, 15) is 14.5 Å². The Labute approximate surface area is 223 Å². The van der Waals surface area contributed by atoms with E-state index in [0.29, 0.717) is 11.2 Å². The molecule has 1 aliphatic carbocycles. The molecule has 2 aliphatic rings. The first-order valence-electron chi connectivity index (χ1n) is 11.9. The van der Waals surface area contributed by atoms with E-state index in [1.807, 2.05) is 0 Å². The summed E-state index contributed by atoms with van der Waals surface area (Å²) >= 11 is 6.89. The van der Waals surface area contributed by atoms with Crippen LogP contribution < -0.4 is 15.3 Å². The van der Waals surface area contributed by atoms with Gasteiger partial charge in [-0.2, -0.15) is 5.09 Å². The summed E-state index contributed by atoms with van der Waals surface area (Å²) in [5.41, 5.74) is 4.84. The van der Waals surface area contributed by atoms with Crippen LogP contribution in [0.4, 0.5) is 5.82 Å². The second-order valence-corrected chi connectivity index (χ2v) is 12.1. The molecule has 0 radical (unpaired) electrons. The lowest BCUT2D eigenvalue weighted by Gasteiger charge is -2.33. The van der Waals surface area contributed by atoms with Crippen molar-refractivity contribution in [1.82, 2.24) is 24.6 Å². The van der Waals surface area contributed by atoms with Crippen LogP contribution in [0.1, 0.15) is 33.9 Å². The van der Waals surface area contributed by atoms with Crippen molar-refractivity contribution in [2.24, 2.45) is 0 Å². The van der Waals surface area contributed by atoms with Gasteiger partial charge in [-0.05, 0) is 39.8 Å². The van der Waals surface area contributed by atoms with Gasteiger partial charge in [-0.1, -0.05) is 18.2 Å². The number of aromatic nitrogens is 4. The summed E-state index contributed by atoms with van der Waals surface area (Å²) in [6.45, 7) is 6.42. The highest BCUT2D eigenvalue weighted by molar-refractivity contribution is 7.52. The second-order valence-electron chi connectivity index (χ2n) is 9.66. The maximum atomic E-state index is 13.9. The number of rotatable bonds is 9. The third kappa shape index (κ3) is 4.42. The SMILES string of the molecule is CC(C)OC(=O)[C@@H](C)NP(=O)(Oc1ccccc1)OC1[C@H]2O[C@@H](n3cnc4c(N)ncnc43)[C@](C)(Cl)[C@@]12O. The number of aliphatic hydroxyl groups is 1. The van der Waals surface area contributed by atoms with Gasteiger partial charge in [-0.15, -0.1) is 11.6 Å². The minimum atomic E-state index is -4.27. The van der Waals surface area contributed by atoms with Gasteiger partial charge in [0.1, 0.15) is 46.3 Å². The molecular weight excluding hydrogens is 539 g/mol. The lowest BCUT2D eigenvalue weighted by Crippen LogP contribution is -2.44. The summed E-state index contributed by atoms with van der Waals surface area (Å²) in [5, 5.41) is 14.2. The van der Waals surface area contributed by atoms with E-state index in [4.69, 9.17) is 35.9 Å². The fourth-order valence-corrected chi connectivity index (χ4v) is 6.56. The Balaban J connectivity index is 1.39. The van der Waals surface area contributed by atoms with Crippen molar-refractivity contribution < 1.29 is 33.0 Å². The highest BCUT2D eigenvalue weighted by atomic mass is 35.5. The zero-order valence-corrected chi connectivity index (χ0v) is 22.7. The first-order chi connectivity index (χ1) is 17.9. The lowest BCUT2D eigenvalue weighted by atomic mass is 10.0. The predicted octanol–water partition coefficient (Wildman–Crippen LogP) is 2.55. The Bertz CT molecular complexity index is 1410. The fraction of sp³-hybridized carbons (Fsp3) is 0.478. The fourth-order valence-electron chi connectivity index (χ4n) is 4.49. The van der Waals surface area contributed by atoms with Gasteiger partial charge in [0.25, 0.3) is 0 Å². The molecule has 5 rings (SSSR count). The zero-order valence-electron chi connectivity index (χ0n) is 21.0. The van der Waals surface area contributed by atoms with Gasteiger partial charge in [0, 0.05) is 0 Å². The van der Waals surface area contributed by atoms with Gasteiger partial charge in [0.2, 0.25) is 0 Å². The van der Waals surface area contributed by atoms with E-state index < -0.39 is 48.7 Å². The molecule has 1 aliphatic heterocycles. The maximum Gasteiger partial charge on any atom is 0.459 e. The summed E-state index contributed by atoms with van der Waals surface area (Å²) in [6.07, 6.45) is -0.692. The minimum absolute atomic E-state index is 0.184. The average Bonchev–Trinajstić information content (AvgIpc) is 3.12. The van der Waals surface area contributed by atoms with E-state index >= 15 is 0 Å². The molecule has 7 atom stereocenters. The van der Waals surface area contributed by atoms with Crippen molar-refractivity contribution in [2.45, 2.75) is 68.8 Å². The predicted molar refractivity (Wildman–Crippen MR) is 136 cm³/mol. The normalized spacial score (nSPS) is 30.6. The smallest absolute Gasteiger partial charge is 0.459 e. The number of anilines is 1. The summed E-state index contributed by atoms with van der Waals surface area (Å²) in [6, 6.07) is 7.22. The number of ether oxygens (including phenoxy) is 2. The molecule has 38 heavy (non-hydrogen) atoms. The number of nitrogens with one attached hydrogen (secondary N) is 1. The number of para-hydroxylation sites is 1. The van der Waals surface area contributed by atoms with Crippen LogP contribution >= 0.6 is 19.3 Å². The van der Waals surface area contributed by atoms with Gasteiger partial charge in [0.05, 0.1) is 12.4 Å². The highest BCUT2D eigenvalue weighted by Crippen LogP contribution is 2.67. The van der Waals surface area contributed by atoms with Crippen molar-refractivity contribution in [3.8, 4) is 5.75 Å². The number of nitrogens with zero attached hydrogens (tertiary/aromatic N) is 4. The number of fused-ring (bicyclic) bond motifs is 2. The number of nitrogens with two attached hydrogens (primary N) is 1. The number of nitrogen functional groups attached to an aromatic ring is 1. The number of imidazole rings is 1. The van der Waals surface area contributed by atoms with Gasteiger partial charge in [0.15, 0.2) is 17.7 Å². The van der Waals surface area contributed by atoms with Crippen molar-refractivity contribution in [3.05, 3.63) is 43.0 Å². The second kappa shape index (κ2) is 9.44. The molecule has 1 saturated carbocycles. The number of alkyl halides is 1. The number of halogens is 1. The molecule has 15 heteroatoms. The topological polar surface area (TPSA) is 173 Å². The van der Waals surface area contributed by atoms with E-state index in [2.05, 4.69) is 20.0 Å². The first kappa shape index (κ1) is 26.8. The molecule has 0 spiro atoms. The number of carbonyl (C=O) groups excluding carboxylic acids is 1. The van der Waals surface area contributed by atoms with Crippen LogP contribution in [-0.4, -0.2) is 65.4 Å². The minimum Gasteiger partial charge on any atom is -0.462 e. The number of hydrogen-bond acceptors (Lipinski definition) is 11. The largest absolute Gasteiger partial charge is 0.462 e. The van der Waals surface area contributed by atoms with Crippen LogP contribution in [0.3, 0.4) is 0 Å². The van der Waals surface area contributed by atoms with Crippen LogP contribution in [0.15, 0.2) is 43.0 Å². The average molecular weight is 567 g/mol. The van der Waals surface area contributed by atoms with Gasteiger partial charge in [-0.3, -0.25) is 13.9 Å². The Hall–Kier alpha value is -2.80. The quantitative estimate of drug-likeness (QED) is 0.196. The Morgan fingerprint density at radius 3 is 2.61 bits per heavy atom. The highest BCUT2D eigenvalue weighted by Gasteiger charge is 2.84. The van der Waals surface area contributed by atoms with Crippen LogP contribution in [0.25, 0.3) is 11.2 Å². The third-order valence-electron chi connectivity index (χ3n) is 6.47. The Morgan fingerprint density at radius 2 is 1.97 bits per heavy atom. The monoisotopic (exact) mass is 566 g/mol. The van der Waals surface area contributed by atoms with Crippen LogP contribution in [-0.2, 0) is 23.4 Å².